The highest BCUT2D eigenvalue weighted by molar-refractivity contribution is 6.04. The molecule has 0 spiro atoms. The first-order valence-corrected chi connectivity index (χ1v) is 6.29. The van der Waals surface area contributed by atoms with Crippen molar-refractivity contribution in [3.8, 4) is 0 Å². The lowest BCUT2D eigenvalue weighted by Gasteiger charge is -2.04. The molecule has 9 nitrogen and oxygen atoms in total. The molecule has 0 radical (unpaired) electrons. The van der Waals surface area contributed by atoms with Crippen molar-refractivity contribution in [1.29, 1.82) is 0 Å². The van der Waals surface area contributed by atoms with Crippen LogP contribution in [0.25, 0.3) is 0 Å². The normalized spacial score (nSPS) is 14.5. The summed E-state index contributed by atoms with van der Waals surface area (Å²) in [4.78, 5) is 12.3. The van der Waals surface area contributed by atoms with Crippen LogP contribution in [0.3, 0.4) is 0 Å². The molecule has 9 heteroatoms. The zero-order chi connectivity index (χ0) is 14.1. The summed E-state index contributed by atoms with van der Waals surface area (Å²) in [5, 5.41) is 18.2. The Morgan fingerprint density at radius 1 is 1.55 bits per heavy atom. The molecular formula is C11H15N7O2. The summed E-state index contributed by atoms with van der Waals surface area (Å²) in [5.41, 5.74) is 1.04. The van der Waals surface area contributed by atoms with E-state index in [0.717, 1.165) is 12.8 Å². The van der Waals surface area contributed by atoms with E-state index in [9.17, 15) is 4.79 Å². The minimum atomic E-state index is -0.290. The topological polar surface area (TPSA) is 99.8 Å². The molecule has 2 heterocycles. The molecule has 0 bridgehead atoms. The quantitative estimate of drug-likeness (QED) is 0.834. The van der Waals surface area contributed by atoms with Gasteiger partial charge in [0, 0.05) is 20.4 Å². The monoisotopic (exact) mass is 277 g/mol. The third-order valence-electron chi connectivity index (χ3n) is 3.04. The van der Waals surface area contributed by atoms with Crippen molar-refractivity contribution in [2.24, 2.45) is 7.05 Å². The molecule has 0 unspecified atom stereocenters. The number of nitrogens with one attached hydrogen (secondary N) is 1. The van der Waals surface area contributed by atoms with E-state index in [4.69, 9.17) is 4.74 Å². The van der Waals surface area contributed by atoms with E-state index >= 15 is 0 Å². The molecule has 1 aliphatic carbocycles. The average molecular weight is 277 g/mol. The summed E-state index contributed by atoms with van der Waals surface area (Å²) in [7, 11) is 3.31. The number of nitrogens with zero attached hydrogens (tertiary/aromatic N) is 6. The van der Waals surface area contributed by atoms with Gasteiger partial charge in [0.25, 0.3) is 5.91 Å². The van der Waals surface area contributed by atoms with Crippen LogP contribution in [-0.2, 0) is 18.4 Å². The van der Waals surface area contributed by atoms with Crippen molar-refractivity contribution < 1.29 is 9.53 Å². The number of ether oxygens (including phenoxy) is 1. The van der Waals surface area contributed by atoms with Gasteiger partial charge in [0.15, 0.2) is 0 Å². The molecule has 1 N–H and O–H groups in total. The van der Waals surface area contributed by atoms with E-state index in [1.54, 1.807) is 29.7 Å². The first-order valence-electron chi connectivity index (χ1n) is 6.29. The van der Waals surface area contributed by atoms with Crippen molar-refractivity contribution >= 4 is 11.9 Å². The van der Waals surface area contributed by atoms with Crippen molar-refractivity contribution in [3.05, 3.63) is 17.5 Å². The van der Waals surface area contributed by atoms with Gasteiger partial charge in [-0.1, -0.05) is 5.10 Å². The Bertz CT molecular complexity index is 629. The highest BCUT2D eigenvalue weighted by Crippen LogP contribution is 2.35. The van der Waals surface area contributed by atoms with Crippen molar-refractivity contribution in [2.45, 2.75) is 25.5 Å². The van der Waals surface area contributed by atoms with Gasteiger partial charge in [-0.05, 0) is 23.3 Å². The Balaban J connectivity index is 1.80. The summed E-state index contributed by atoms with van der Waals surface area (Å²) >= 11 is 0. The van der Waals surface area contributed by atoms with Crippen molar-refractivity contribution in [2.75, 3.05) is 12.4 Å². The molecule has 106 valence electrons. The van der Waals surface area contributed by atoms with Gasteiger partial charge in [-0.3, -0.25) is 14.8 Å². The lowest BCUT2D eigenvalue weighted by molar-refractivity contribution is 0.102. The van der Waals surface area contributed by atoms with Gasteiger partial charge in [0.1, 0.15) is 5.69 Å². The highest BCUT2D eigenvalue weighted by atomic mass is 16.5. The first kappa shape index (κ1) is 12.7. The summed E-state index contributed by atoms with van der Waals surface area (Å²) in [5.74, 6) is 0.0755. The van der Waals surface area contributed by atoms with Gasteiger partial charge in [0.2, 0.25) is 5.95 Å². The number of hydrogen-bond acceptors (Lipinski definition) is 6. The zero-order valence-electron chi connectivity index (χ0n) is 11.3. The van der Waals surface area contributed by atoms with Crippen LogP contribution in [0.2, 0.25) is 0 Å². The third kappa shape index (κ3) is 2.39. The number of tetrazole rings is 1. The largest absolute Gasteiger partial charge is 0.378 e. The van der Waals surface area contributed by atoms with E-state index < -0.39 is 0 Å². The fourth-order valence-electron chi connectivity index (χ4n) is 1.98. The van der Waals surface area contributed by atoms with Crippen LogP contribution < -0.4 is 5.32 Å². The molecule has 0 atom stereocenters. The number of aromatic nitrogens is 6. The van der Waals surface area contributed by atoms with Crippen LogP contribution in [0.1, 0.15) is 34.9 Å². The second-order valence-corrected chi connectivity index (χ2v) is 4.73. The lowest BCUT2D eigenvalue weighted by Crippen LogP contribution is -2.17. The van der Waals surface area contributed by atoms with E-state index in [0.29, 0.717) is 23.2 Å². The molecule has 0 saturated heterocycles. The van der Waals surface area contributed by atoms with Crippen LogP contribution >= 0.6 is 0 Å². The third-order valence-corrected chi connectivity index (χ3v) is 3.04. The number of anilines is 1. The summed E-state index contributed by atoms with van der Waals surface area (Å²) in [6.07, 6.45) is 3.72. The van der Waals surface area contributed by atoms with Gasteiger partial charge in [-0.25, -0.2) is 4.68 Å². The number of carbonyl (C=O) groups is 1. The van der Waals surface area contributed by atoms with E-state index in [1.807, 2.05) is 0 Å². The molecule has 0 aromatic carbocycles. The van der Waals surface area contributed by atoms with Gasteiger partial charge in [-0.2, -0.15) is 5.10 Å². The molecule has 3 rings (SSSR count). The Labute approximate surface area is 114 Å². The van der Waals surface area contributed by atoms with Gasteiger partial charge >= 0.3 is 0 Å². The first-order chi connectivity index (χ1) is 9.69. The predicted molar refractivity (Wildman–Crippen MR) is 68.0 cm³/mol. The van der Waals surface area contributed by atoms with E-state index in [2.05, 4.69) is 25.9 Å². The molecular weight excluding hydrogens is 262 g/mol. The fourth-order valence-corrected chi connectivity index (χ4v) is 1.98. The average Bonchev–Trinajstić information content (AvgIpc) is 3.04. The van der Waals surface area contributed by atoms with Crippen LogP contribution in [0.4, 0.5) is 5.95 Å². The molecule has 0 aliphatic heterocycles. The van der Waals surface area contributed by atoms with Crippen LogP contribution in [0.15, 0.2) is 6.20 Å². The molecule has 1 saturated carbocycles. The molecule has 1 fully saturated rings. The van der Waals surface area contributed by atoms with Crippen LogP contribution in [0.5, 0.6) is 0 Å². The highest BCUT2D eigenvalue weighted by Gasteiger charge is 2.29. The number of rotatable bonds is 5. The summed E-state index contributed by atoms with van der Waals surface area (Å²) in [6, 6.07) is 0.299. The standard InChI is InChI=1S/C11H15N7O2/c1-17-5-8(9(14-17)6-20-2)10(19)12-11-13-15-16-18(11)7-3-4-7/h5,7H,3-4,6H2,1-2H3,(H,12,13,16,19). The fraction of sp³-hybridized carbons (Fsp3) is 0.545. The maximum absolute atomic E-state index is 12.3. The lowest BCUT2D eigenvalue weighted by atomic mass is 10.2. The van der Waals surface area contributed by atoms with Crippen LogP contribution in [0, 0.1) is 0 Å². The number of amides is 1. The predicted octanol–water partition coefficient (Wildman–Crippen LogP) is 0.140. The maximum Gasteiger partial charge on any atom is 0.261 e. The van der Waals surface area contributed by atoms with Crippen LogP contribution in [-0.4, -0.2) is 43.0 Å². The molecule has 2 aromatic heterocycles. The minimum absolute atomic E-state index is 0.275. The van der Waals surface area contributed by atoms with Gasteiger partial charge in [-0.15, -0.1) is 0 Å². The number of aryl methyl sites for hydroxylation is 1. The minimum Gasteiger partial charge on any atom is -0.378 e. The summed E-state index contributed by atoms with van der Waals surface area (Å²) in [6.45, 7) is 0.275. The zero-order valence-corrected chi connectivity index (χ0v) is 11.3. The SMILES string of the molecule is COCc1nn(C)cc1C(=O)Nc1nnnn1C1CC1. The smallest absolute Gasteiger partial charge is 0.261 e. The Morgan fingerprint density at radius 3 is 3.05 bits per heavy atom. The van der Waals surface area contributed by atoms with Gasteiger partial charge < -0.3 is 4.74 Å². The Hall–Kier alpha value is -2.29. The maximum atomic E-state index is 12.3. The second kappa shape index (κ2) is 5.00. The van der Waals surface area contributed by atoms with Crippen molar-refractivity contribution in [3.63, 3.8) is 0 Å². The van der Waals surface area contributed by atoms with E-state index in [1.165, 1.54) is 0 Å². The van der Waals surface area contributed by atoms with Gasteiger partial charge in [0.05, 0.1) is 18.2 Å². The number of hydrogen-bond donors (Lipinski definition) is 1. The molecule has 2 aromatic rings. The second-order valence-electron chi connectivity index (χ2n) is 4.73. The number of carbonyl (C=O) groups excluding carboxylic acids is 1. The van der Waals surface area contributed by atoms with Crippen molar-refractivity contribution in [1.82, 2.24) is 30.0 Å². The molecule has 20 heavy (non-hydrogen) atoms. The Morgan fingerprint density at radius 2 is 2.35 bits per heavy atom. The number of methoxy groups -OCH3 is 1. The molecule has 1 aliphatic rings. The van der Waals surface area contributed by atoms with E-state index in [-0.39, 0.29) is 12.5 Å². The molecule has 1 amide bonds. The summed E-state index contributed by atoms with van der Waals surface area (Å²) < 4.78 is 8.26. The Kier molecular flexibility index (Phi) is 3.18.